The number of nitrogens with one attached hydrogen (secondary N) is 1. The van der Waals surface area contributed by atoms with Gasteiger partial charge in [-0.25, -0.2) is 0 Å². The zero-order valence-corrected chi connectivity index (χ0v) is 20.1. The highest BCUT2D eigenvalue weighted by Gasteiger charge is 2.52. The Hall–Kier alpha value is -2.18. The number of allylic oxidation sites excluding steroid dienone is 2. The zero-order chi connectivity index (χ0) is 23.5. The number of imide groups is 1. The third-order valence-electron chi connectivity index (χ3n) is 7.89. The number of piperidine rings is 1. The highest BCUT2D eigenvalue weighted by Crippen LogP contribution is 2.37. The third-order valence-corrected chi connectivity index (χ3v) is 7.89. The van der Waals surface area contributed by atoms with Crippen molar-refractivity contribution in [2.45, 2.75) is 90.1 Å². The Labute approximate surface area is 197 Å². The molecule has 0 spiro atoms. The number of amides is 4. The molecular formula is C26H39N3O4. The van der Waals surface area contributed by atoms with Crippen molar-refractivity contribution < 1.29 is 19.2 Å². The molecule has 3 fully saturated rings. The first-order valence-electron chi connectivity index (χ1n) is 13.0. The van der Waals surface area contributed by atoms with E-state index in [-0.39, 0.29) is 53.3 Å². The van der Waals surface area contributed by atoms with Gasteiger partial charge in [0.25, 0.3) is 0 Å². The van der Waals surface area contributed by atoms with Gasteiger partial charge in [0.2, 0.25) is 23.6 Å². The van der Waals surface area contributed by atoms with Crippen LogP contribution in [-0.4, -0.2) is 58.6 Å². The SMILES string of the molecule is CC(C)CC(C(=O)N1CCCC(C(=O)NC2CCCCC2)C1)N1C(=O)C2CC=CCC2C1=O. The maximum atomic E-state index is 13.7. The molecule has 0 radical (unpaired) electrons. The molecule has 7 nitrogen and oxygen atoms in total. The van der Waals surface area contributed by atoms with Crippen molar-refractivity contribution in [2.24, 2.45) is 23.7 Å². The number of hydrogen-bond acceptors (Lipinski definition) is 4. The summed E-state index contributed by atoms with van der Waals surface area (Å²) in [6.45, 7) is 4.97. The van der Waals surface area contributed by atoms with Gasteiger partial charge in [-0.15, -0.1) is 0 Å². The number of rotatable bonds is 6. The van der Waals surface area contributed by atoms with Crippen LogP contribution in [0.5, 0.6) is 0 Å². The van der Waals surface area contributed by atoms with E-state index < -0.39 is 6.04 Å². The lowest BCUT2D eigenvalue weighted by molar-refractivity contribution is -0.153. The second kappa shape index (κ2) is 10.4. The Bertz CT molecular complexity index is 775. The normalized spacial score (nSPS) is 29.4. The number of hydrogen-bond donors (Lipinski definition) is 1. The molecular weight excluding hydrogens is 418 g/mol. The van der Waals surface area contributed by atoms with Crippen molar-refractivity contribution in [3.63, 3.8) is 0 Å². The second-order valence-corrected chi connectivity index (χ2v) is 10.8. The average molecular weight is 458 g/mol. The van der Waals surface area contributed by atoms with E-state index in [1.165, 1.54) is 11.3 Å². The summed E-state index contributed by atoms with van der Waals surface area (Å²) in [4.78, 5) is 56.1. The van der Waals surface area contributed by atoms with Crippen LogP contribution >= 0.6 is 0 Å². The summed E-state index contributed by atoms with van der Waals surface area (Å²) < 4.78 is 0. The van der Waals surface area contributed by atoms with E-state index in [0.29, 0.717) is 32.4 Å². The highest BCUT2D eigenvalue weighted by molar-refractivity contribution is 6.08. The minimum Gasteiger partial charge on any atom is -0.353 e. The number of carbonyl (C=O) groups excluding carboxylic acids is 4. The molecule has 1 N–H and O–H groups in total. The molecule has 2 aliphatic heterocycles. The molecule has 4 amide bonds. The molecule has 7 heteroatoms. The molecule has 2 heterocycles. The van der Waals surface area contributed by atoms with Crippen LogP contribution in [0.25, 0.3) is 0 Å². The first-order valence-corrected chi connectivity index (χ1v) is 13.0. The van der Waals surface area contributed by atoms with E-state index >= 15 is 0 Å². The van der Waals surface area contributed by atoms with E-state index in [2.05, 4.69) is 5.32 Å². The Kier molecular flexibility index (Phi) is 7.55. The van der Waals surface area contributed by atoms with E-state index in [1.54, 1.807) is 4.90 Å². The predicted octanol–water partition coefficient (Wildman–Crippen LogP) is 3.04. The van der Waals surface area contributed by atoms with Gasteiger partial charge in [0.1, 0.15) is 6.04 Å². The summed E-state index contributed by atoms with van der Waals surface area (Å²) in [5.74, 6) is -1.25. The molecule has 0 aromatic heterocycles. The maximum absolute atomic E-state index is 13.7. The van der Waals surface area contributed by atoms with Crippen LogP contribution in [0.4, 0.5) is 0 Å². The van der Waals surface area contributed by atoms with Crippen molar-refractivity contribution in [3.8, 4) is 0 Å². The van der Waals surface area contributed by atoms with Crippen LogP contribution in [-0.2, 0) is 19.2 Å². The number of fused-ring (bicyclic) bond motifs is 1. The lowest BCUT2D eigenvalue weighted by Gasteiger charge is -2.37. The van der Waals surface area contributed by atoms with Gasteiger partial charge in [-0.1, -0.05) is 45.3 Å². The minimum absolute atomic E-state index is 0.0465. The lowest BCUT2D eigenvalue weighted by Crippen LogP contribution is -2.55. The van der Waals surface area contributed by atoms with Gasteiger partial charge in [0.05, 0.1) is 17.8 Å². The lowest BCUT2D eigenvalue weighted by atomic mass is 9.85. The molecule has 4 unspecified atom stereocenters. The highest BCUT2D eigenvalue weighted by atomic mass is 16.2. The van der Waals surface area contributed by atoms with Crippen LogP contribution in [0.1, 0.15) is 78.1 Å². The molecule has 4 rings (SSSR count). The van der Waals surface area contributed by atoms with Crippen molar-refractivity contribution in [3.05, 3.63) is 12.2 Å². The summed E-state index contributed by atoms with van der Waals surface area (Å²) in [5, 5.41) is 3.21. The Morgan fingerprint density at radius 3 is 2.21 bits per heavy atom. The van der Waals surface area contributed by atoms with Gasteiger partial charge in [-0.3, -0.25) is 24.1 Å². The van der Waals surface area contributed by atoms with E-state index in [4.69, 9.17) is 0 Å². The van der Waals surface area contributed by atoms with Crippen molar-refractivity contribution >= 4 is 23.6 Å². The van der Waals surface area contributed by atoms with Crippen LogP contribution in [0.15, 0.2) is 12.2 Å². The molecule has 0 bridgehead atoms. The molecule has 4 aliphatic rings. The van der Waals surface area contributed by atoms with E-state index in [9.17, 15) is 19.2 Å². The fourth-order valence-electron chi connectivity index (χ4n) is 6.06. The van der Waals surface area contributed by atoms with Gasteiger partial charge in [-0.2, -0.15) is 0 Å². The van der Waals surface area contributed by atoms with Crippen LogP contribution in [0.3, 0.4) is 0 Å². The first kappa shape index (κ1) is 24.0. The van der Waals surface area contributed by atoms with Gasteiger partial charge in [0, 0.05) is 19.1 Å². The quantitative estimate of drug-likeness (QED) is 0.491. The summed E-state index contributed by atoms with van der Waals surface area (Å²) in [5.41, 5.74) is 0. The molecule has 33 heavy (non-hydrogen) atoms. The van der Waals surface area contributed by atoms with E-state index in [1.807, 2.05) is 26.0 Å². The topological polar surface area (TPSA) is 86.8 Å². The van der Waals surface area contributed by atoms with Gasteiger partial charge >= 0.3 is 0 Å². The Morgan fingerprint density at radius 2 is 1.61 bits per heavy atom. The summed E-state index contributed by atoms with van der Waals surface area (Å²) >= 11 is 0. The average Bonchev–Trinajstić information content (AvgIpc) is 3.08. The largest absolute Gasteiger partial charge is 0.353 e. The molecule has 2 aliphatic carbocycles. The number of nitrogens with zero attached hydrogens (tertiary/aromatic N) is 2. The van der Waals surface area contributed by atoms with Crippen LogP contribution in [0, 0.1) is 23.7 Å². The van der Waals surface area contributed by atoms with E-state index in [0.717, 1.165) is 38.5 Å². The van der Waals surface area contributed by atoms with Gasteiger partial charge in [0.15, 0.2) is 0 Å². The molecule has 4 atom stereocenters. The standard InChI is InChI=1S/C26H39N3O4/c1-17(2)15-22(29-24(31)20-12-6-7-13-21(20)25(29)32)26(33)28-14-8-9-18(16-28)23(30)27-19-10-4-3-5-11-19/h6-7,17-22H,3-5,8-16H2,1-2H3,(H,27,30). The zero-order valence-electron chi connectivity index (χ0n) is 20.1. The minimum atomic E-state index is -0.768. The first-order chi connectivity index (χ1) is 15.9. The Balaban J connectivity index is 1.45. The smallest absolute Gasteiger partial charge is 0.245 e. The van der Waals surface area contributed by atoms with Crippen molar-refractivity contribution in [1.29, 1.82) is 0 Å². The maximum Gasteiger partial charge on any atom is 0.245 e. The summed E-state index contributed by atoms with van der Waals surface area (Å²) in [7, 11) is 0. The Morgan fingerprint density at radius 1 is 0.970 bits per heavy atom. The van der Waals surface area contributed by atoms with Crippen molar-refractivity contribution in [1.82, 2.24) is 15.1 Å². The fourth-order valence-corrected chi connectivity index (χ4v) is 6.06. The van der Waals surface area contributed by atoms with Gasteiger partial charge < -0.3 is 10.2 Å². The van der Waals surface area contributed by atoms with Gasteiger partial charge in [-0.05, 0) is 50.9 Å². The van der Waals surface area contributed by atoms with Crippen LogP contribution in [0.2, 0.25) is 0 Å². The summed E-state index contributed by atoms with van der Waals surface area (Å²) in [6.07, 6.45) is 12.7. The monoisotopic (exact) mass is 457 g/mol. The van der Waals surface area contributed by atoms with Crippen molar-refractivity contribution in [2.75, 3.05) is 13.1 Å². The molecule has 1 saturated carbocycles. The third kappa shape index (κ3) is 5.17. The number of likely N-dealkylation sites (tertiary alicyclic amines) is 2. The second-order valence-electron chi connectivity index (χ2n) is 10.8. The molecule has 0 aromatic rings. The fraction of sp³-hybridized carbons (Fsp3) is 0.769. The molecule has 182 valence electrons. The predicted molar refractivity (Wildman–Crippen MR) is 125 cm³/mol. The molecule has 2 saturated heterocycles. The molecule has 0 aromatic carbocycles. The summed E-state index contributed by atoms with van der Waals surface area (Å²) in [6, 6.07) is -0.515. The number of carbonyl (C=O) groups is 4. The van der Waals surface area contributed by atoms with Crippen LogP contribution < -0.4 is 5.32 Å².